The highest BCUT2D eigenvalue weighted by molar-refractivity contribution is 7.80. The van der Waals surface area contributed by atoms with Crippen molar-refractivity contribution in [2.45, 2.75) is 26.7 Å². The standard InChI is InChI=1S/C14H21N3OS/c1-4-5-9-15-14(19)17-16-11(2)12-7-6-8-13(10-12)18-3/h6-8,10H,4-5,9H2,1-3H3,(H2,15,17,19)/b16-11-. The Morgan fingerprint density at radius 1 is 1.42 bits per heavy atom. The number of nitrogens with one attached hydrogen (secondary N) is 2. The van der Waals surface area contributed by atoms with Crippen LogP contribution in [0.1, 0.15) is 32.3 Å². The summed E-state index contributed by atoms with van der Waals surface area (Å²) in [5, 5.41) is 7.91. The van der Waals surface area contributed by atoms with Crippen LogP contribution in [0, 0.1) is 0 Å². The molecule has 1 rings (SSSR count). The Kier molecular flexibility index (Phi) is 6.89. The maximum Gasteiger partial charge on any atom is 0.186 e. The van der Waals surface area contributed by atoms with Gasteiger partial charge in [-0.2, -0.15) is 5.10 Å². The summed E-state index contributed by atoms with van der Waals surface area (Å²) in [7, 11) is 1.65. The van der Waals surface area contributed by atoms with Crippen LogP contribution < -0.4 is 15.5 Å². The number of rotatable bonds is 6. The molecule has 1 aromatic carbocycles. The van der Waals surface area contributed by atoms with E-state index in [4.69, 9.17) is 17.0 Å². The number of ether oxygens (including phenoxy) is 1. The van der Waals surface area contributed by atoms with Gasteiger partial charge in [-0.25, -0.2) is 0 Å². The minimum atomic E-state index is 0.552. The zero-order valence-electron chi connectivity index (χ0n) is 11.7. The SMILES string of the molecule is CCCCNC(=S)N/N=C(/C)c1cccc(OC)c1. The van der Waals surface area contributed by atoms with Crippen LogP contribution in [0.25, 0.3) is 0 Å². The number of nitrogens with zero attached hydrogens (tertiary/aromatic N) is 1. The van der Waals surface area contributed by atoms with Crippen LogP contribution in [0.4, 0.5) is 0 Å². The Morgan fingerprint density at radius 3 is 2.89 bits per heavy atom. The molecule has 0 atom stereocenters. The van der Waals surface area contributed by atoms with Gasteiger partial charge in [-0.3, -0.25) is 5.43 Å². The summed E-state index contributed by atoms with van der Waals surface area (Å²) in [6, 6.07) is 7.76. The van der Waals surface area contributed by atoms with Gasteiger partial charge in [0.15, 0.2) is 5.11 Å². The monoisotopic (exact) mass is 279 g/mol. The van der Waals surface area contributed by atoms with Crippen LogP contribution in [-0.2, 0) is 0 Å². The van der Waals surface area contributed by atoms with E-state index in [1.54, 1.807) is 7.11 Å². The first-order valence-electron chi connectivity index (χ1n) is 6.40. The molecule has 0 bridgehead atoms. The number of unbranched alkanes of at least 4 members (excludes halogenated alkanes) is 1. The van der Waals surface area contributed by atoms with Crippen molar-refractivity contribution in [3.05, 3.63) is 29.8 Å². The predicted octanol–water partition coefficient (Wildman–Crippen LogP) is 2.68. The van der Waals surface area contributed by atoms with Gasteiger partial charge in [-0.1, -0.05) is 25.5 Å². The quantitative estimate of drug-likeness (QED) is 0.364. The van der Waals surface area contributed by atoms with Crippen LogP contribution in [0.3, 0.4) is 0 Å². The Bertz CT molecular complexity index is 446. The summed E-state index contributed by atoms with van der Waals surface area (Å²) in [4.78, 5) is 0. The Labute approximate surface area is 120 Å². The van der Waals surface area contributed by atoms with Gasteiger partial charge >= 0.3 is 0 Å². The third kappa shape index (κ3) is 5.70. The summed E-state index contributed by atoms with van der Waals surface area (Å²) in [6.45, 7) is 4.94. The lowest BCUT2D eigenvalue weighted by Gasteiger charge is -2.08. The molecule has 0 heterocycles. The van der Waals surface area contributed by atoms with Gasteiger partial charge < -0.3 is 10.1 Å². The first kappa shape index (κ1) is 15.4. The molecule has 0 amide bonds. The van der Waals surface area contributed by atoms with Gasteiger partial charge in [0.25, 0.3) is 0 Å². The Hall–Kier alpha value is -1.62. The third-order valence-corrected chi connectivity index (χ3v) is 2.86. The molecule has 0 aliphatic carbocycles. The Morgan fingerprint density at radius 2 is 2.21 bits per heavy atom. The lowest BCUT2D eigenvalue weighted by atomic mass is 10.1. The molecule has 0 fully saturated rings. The van der Waals surface area contributed by atoms with Crippen LogP contribution in [-0.4, -0.2) is 24.5 Å². The molecule has 0 aliphatic rings. The largest absolute Gasteiger partial charge is 0.497 e. The Balaban J connectivity index is 2.53. The highest BCUT2D eigenvalue weighted by Crippen LogP contribution is 2.12. The van der Waals surface area contributed by atoms with E-state index in [0.29, 0.717) is 5.11 Å². The van der Waals surface area contributed by atoms with E-state index in [0.717, 1.165) is 36.4 Å². The fourth-order valence-corrected chi connectivity index (χ4v) is 1.61. The summed E-state index contributed by atoms with van der Waals surface area (Å²) in [5.74, 6) is 0.815. The van der Waals surface area contributed by atoms with Crippen molar-refractivity contribution < 1.29 is 4.74 Å². The summed E-state index contributed by atoms with van der Waals surface area (Å²) in [6.07, 6.45) is 2.24. The minimum Gasteiger partial charge on any atom is -0.497 e. The second-order valence-corrected chi connectivity index (χ2v) is 4.56. The van der Waals surface area contributed by atoms with Gasteiger partial charge in [0, 0.05) is 12.1 Å². The molecule has 0 saturated carbocycles. The number of thiocarbonyl (C=S) groups is 1. The first-order chi connectivity index (χ1) is 9.17. The van der Waals surface area contributed by atoms with Crippen molar-refractivity contribution in [1.82, 2.24) is 10.7 Å². The van der Waals surface area contributed by atoms with Gasteiger partial charge in [-0.05, 0) is 37.7 Å². The molecule has 19 heavy (non-hydrogen) atoms. The van der Waals surface area contributed by atoms with Crippen molar-refractivity contribution in [2.24, 2.45) is 5.10 Å². The van der Waals surface area contributed by atoms with Crippen molar-refractivity contribution in [3.63, 3.8) is 0 Å². The van der Waals surface area contributed by atoms with E-state index < -0.39 is 0 Å². The summed E-state index contributed by atoms with van der Waals surface area (Å²) >= 11 is 5.13. The molecule has 0 radical (unpaired) electrons. The molecule has 0 spiro atoms. The van der Waals surface area contributed by atoms with Gasteiger partial charge in [-0.15, -0.1) is 0 Å². The van der Waals surface area contributed by atoms with Crippen molar-refractivity contribution in [3.8, 4) is 5.75 Å². The number of hydrogen-bond donors (Lipinski definition) is 2. The average Bonchev–Trinajstić information content (AvgIpc) is 2.45. The van der Waals surface area contributed by atoms with Crippen LogP contribution >= 0.6 is 12.2 Å². The average molecular weight is 279 g/mol. The van der Waals surface area contributed by atoms with Gasteiger partial charge in [0.2, 0.25) is 0 Å². The lowest BCUT2D eigenvalue weighted by Crippen LogP contribution is -2.33. The van der Waals surface area contributed by atoms with Crippen molar-refractivity contribution in [1.29, 1.82) is 0 Å². The molecule has 2 N–H and O–H groups in total. The van der Waals surface area contributed by atoms with E-state index in [9.17, 15) is 0 Å². The second-order valence-electron chi connectivity index (χ2n) is 4.15. The fraction of sp³-hybridized carbons (Fsp3) is 0.429. The lowest BCUT2D eigenvalue weighted by molar-refractivity contribution is 0.414. The molecule has 104 valence electrons. The zero-order chi connectivity index (χ0) is 14.1. The predicted molar refractivity (Wildman–Crippen MR) is 83.8 cm³/mol. The highest BCUT2D eigenvalue weighted by Gasteiger charge is 2.00. The van der Waals surface area contributed by atoms with E-state index in [2.05, 4.69) is 22.8 Å². The molecule has 0 aromatic heterocycles. The minimum absolute atomic E-state index is 0.552. The van der Waals surface area contributed by atoms with E-state index in [-0.39, 0.29) is 0 Å². The molecular weight excluding hydrogens is 258 g/mol. The molecule has 1 aromatic rings. The fourth-order valence-electron chi connectivity index (χ4n) is 1.47. The number of hydrogen-bond acceptors (Lipinski definition) is 3. The van der Waals surface area contributed by atoms with E-state index in [1.165, 1.54) is 0 Å². The molecule has 5 heteroatoms. The maximum absolute atomic E-state index is 5.18. The second kappa shape index (κ2) is 8.48. The molecule has 0 aliphatic heterocycles. The summed E-state index contributed by atoms with van der Waals surface area (Å²) in [5.41, 5.74) is 4.71. The third-order valence-electron chi connectivity index (χ3n) is 2.63. The number of hydrazone groups is 1. The number of benzene rings is 1. The molecular formula is C14H21N3OS. The normalized spacial score (nSPS) is 11.0. The summed E-state index contributed by atoms with van der Waals surface area (Å²) < 4.78 is 5.18. The molecule has 0 saturated heterocycles. The molecule has 4 nitrogen and oxygen atoms in total. The smallest absolute Gasteiger partial charge is 0.186 e. The van der Waals surface area contributed by atoms with Crippen LogP contribution in [0.2, 0.25) is 0 Å². The maximum atomic E-state index is 5.18. The first-order valence-corrected chi connectivity index (χ1v) is 6.80. The molecule has 0 unspecified atom stereocenters. The highest BCUT2D eigenvalue weighted by atomic mass is 32.1. The van der Waals surface area contributed by atoms with E-state index in [1.807, 2.05) is 31.2 Å². The van der Waals surface area contributed by atoms with Gasteiger partial charge in [0.05, 0.1) is 12.8 Å². The number of methoxy groups -OCH3 is 1. The van der Waals surface area contributed by atoms with Crippen LogP contribution in [0.5, 0.6) is 5.75 Å². The van der Waals surface area contributed by atoms with Crippen LogP contribution in [0.15, 0.2) is 29.4 Å². The zero-order valence-corrected chi connectivity index (χ0v) is 12.5. The van der Waals surface area contributed by atoms with Crippen molar-refractivity contribution in [2.75, 3.05) is 13.7 Å². The van der Waals surface area contributed by atoms with Crippen molar-refractivity contribution >= 4 is 23.0 Å². The van der Waals surface area contributed by atoms with E-state index >= 15 is 0 Å². The van der Waals surface area contributed by atoms with Gasteiger partial charge in [0.1, 0.15) is 5.75 Å². The topological polar surface area (TPSA) is 45.7 Å².